The highest BCUT2D eigenvalue weighted by molar-refractivity contribution is 6.20. The van der Waals surface area contributed by atoms with Crippen LogP contribution in [0.25, 0.3) is 11.2 Å². The molecule has 0 fully saturated rings. The van der Waals surface area contributed by atoms with Crippen molar-refractivity contribution in [1.82, 2.24) is 14.5 Å². The van der Waals surface area contributed by atoms with Crippen LogP contribution in [-0.2, 0) is 4.79 Å². The maximum atomic E-state index is 11.8. The zero-order valence-electron chi connectivity index (χ0n) is 12.1. The van der Waals surface area contributed by atoms with Crippen LogP contribution in [0, 0.1) is 12.8 Å². The molecule has 2 atom stereocenters. The Morgan fingerprint density at radius 1 is 1.40 bits per heavy atom. The topological polar surface area (TPSA) is 73.8 Å². The van der Waals surface area contributed by atoms with Gasteiger partial charge in [-0.3, -0.25) is 9.36 Å². The first kappa shape index (κ1) is 14.8. The molecule has 0 aliphatic rings. The minimum atomic E-state index is -0.508. The normalized spacial score (nSPS) is 14.7. The van der Waals surface area contributed by atoms with Crippen molar-refractivity contribution < 1.29 is 4.79 Å². The summed E-state index contributed by atoms with van der Waals surface area (Å²) >= 11 is 6.21. The highest BCUT2D eigenvalue weighted by Crippen LogP contribution is 2.30. The van der Waals surface area contributed by atoms with Gasteiger partial charge in [-0.1, -0.05) is 13.8 Å². The number of hydrogen-bond donors (Lipinski definition) is 1. The molecule has 108 valence electrons. The third kappa shape index (κ3) is 2.50. The number of pyridine rings is 1. The molecule has 1 amide bonds. The summed E-state index contributed by atoms with van der Waals surface area (Å²) in [5, 5.41) is -0.329. The minimum Gasteiger partial charge on any atom is -0.368 e. The molecule has 5 nitrogen and oxygen atoms in total. The standard InChI is InChI=1S/C14H19ClN4O/c1-7(2)11(12(16)20)19-13(9(4)15)18-10-5-8(3)6-17-14(10)19/h5-7,9,11H,1-4H3,(H2,16,20). The number of alkyl halides is 1. The fourth-order valence-electron chi connectivity index (χ4n) is 2.41. The second-order valence-corrected chi connectivity index (χ2v) is 6.06. The predicted molar refractivity (Wildman–Crippen MR) is 79.6 cm³/mol. The number of rotatable bonds is 4. The number of nitrogens with two attached hydrogens (primary N) is 1. The number of hydrogen-bond acceptors (Lipinski definition) is 3. The van der Waals surface area contributed by atoms with Gasteiger partial charge in [-0.2, -0.15) is 0 Å². The van der Waals surface area contributed by atoms with E-state index in [4.69, 9.17) is 17.3 Å². The molecule has 6 heteroatoms. The molecule has 2 N–H and O–H groups in total. The summed E-state index contributed by atoms with van der Waals surface area (Å²) in [6.45, 7) is 7.66. The largest absolute Gasteiger partial charge is 0.368 e. The molecule has 0 saturated heterocycles. The van der Waals surface area contributed by atoms with E-state index >= 15 is 0 Å². The van der Waals surface area contributed by atoms with Crippen molar-refractivity contribution in [1.29, 1.82) is 0 Å². The lowest BCUT2D eigenvalue weighted by Gasteiger charge is -2.22. The molecule has 0 bridgehead atoms. The number of amides is 1. The number of aromatic nitrogens is 3. The first-order chi connectivity index (χ1) is 9.32. The molecule has 0 aliphatic heterocycles. The average Bonchev–Trinajstić information content (AvgIpc) is 2.67. The number of fused-ring (bicyclic) bond motifs is 1. The monoisotopic (exact) mass is 294 g/mol. The van der Waals surface area contributed by atoms with Crippen molar-refractivity contribution in [2.24, 2.45) is 11.7 Å². The van der Waals surface area contributed by atoms with E-state index in [-0.39, 0.29) is 11.3 Å². The van der Waals surface area contributed by atoms with E-state index in [1.807, 2.05) is 33.8 Å². The third-order valence-electron chi connectivity index (χ3n) is 3.25. The Labute approximate surface area is 123 Å². The average molecular weight is 295 g/mol. The van der Waals surface area contributed by atoms with Gasteiger partial charge < -0.3 is 5.73 Å². The summed E-state index contributed by atoms with van der Waals surface area (Å²) in [6, 6.07) is 1.42. The van der Waals surface area contributed by atoms with E-state index in [2.05, 4.69) is 9.97 Å². The van der Waals surface area contributed by atoms with Gasteiger partial charge in [0.15, 0.2) is 5.65 Å². The van der Waals surface area contributed by atoms with Crippen molar-refractivity contribution in [2.45, 2.75) is 39.1 Å². The lowest BCUT2D eigenvalue weighted by atomic mass is 10.0. The Kier molecular flexibility index (Phi) is 3.99. The Hall–Kier alpha value is -1.62. The molecule has 0 aliphatic carbocycles. The van der Waals surface area contributed by atoms with E-state index in [1.54, 1.807) is 10.8 Å². The number of aryl methyl sites for hydroxylation is 1. The summed E-state index contributed by atoms with van der Waals surface area (Å²) in [5.41, 5.74) is 7.95. The van der Waals surface area contributed by atoms with Crippen LogP contribution >= 0.6 is 11.6 Å². The smallest absolute Gasteiger partial charge is 0.240 e. The van der Waals surface area contributed by atoms with Gasteiger partial charge in [0, 0.05) is 6.20 Å². The molecule has 0 radical (unpaired) electrons. The third-order valence-corrected chi connectivity index (χ3v) is 3.45. The Balaban J connectivity index is 2.77. The number of primary amides is 1. The van der Waals surface area contributed by atoms with Gasteiger partial charge in [-0.05, 0) is 31.4 Å². The van der Waals surface area contributed by atoms with Crippen molar-refractivity contribution in [2.75, 3.05) is 0 Å². The van der Waals surface area contributed by atoms with Gasteiger partial charge in [0.2, 0.25) is 5.91 Å². The molecular weight excluding hydrogens is 276 g/mol. The fourth-order valence-corrected chi connectivity index (χ4v) is 2.56. The molecule has 2 aromatic rings. The van der Waals surface area contributed by atoms with Crippen LogP contribution in [0.3, 0.4) is 0 Å². The van der Waals surface area contributed by atoms with Crippen LogP contribution in [0.1, 0.15) is 43.6 Å². The van der Waals surface area contributed by atoms with Crippen LogP contribution in [0.15, 0.2) is 12.3 Å². The first-order valence-electron chi connectivity index (χ1n) is 6.60. The number of nitrogens with zero attached hydrogens (tertiary/aromatic N) is 3. The summed E-state index contributed by atoms with van der Waals surface area (Å²) in [7, 11) is 0. The Bertz CT molecular complexity index is 648. The van der Waals surface area contributed by atoms with Crippen molar-refractivity contribution in [3.63, 3.8) is 0 Å². The summed E-state index contributed by atoms with van der Waals surface area (Å²) in [5.74, 6) is 0.250. The van der Waals surface area contributed by atoms with E-state index in [0.29, 0.717) is 11.5 Å². The van der Waals surface area contributed by atoms with E-state index in [0.717, 1.165) is 11.1 Å². The quantitative estimate of drug-likeness (QED) is 0.881. The van der Waals surface area contributed by atoms with Crippen LogP contribution in [-0.4, -0.2) is 20.4 Å². The second kappa shape index (κ2) is 5.40. The summed E-state index contributed by atoms with van der Waals surface area (Å²) < 4.78 is 1.78. The van der Waals surface area contributed by atoms with Gasteiger partial charge in [0.25, 0.3) is 0 Å². The Morgan fingerprint density at radius 3 is 2.55 bits per heavy atom. The maximum Gasteiger partial charge on any atom is 0.240 e. The molecule has 2 rings (SSSR count). The van der Waals surface area contributed by atoms with Crippen LogP contribution in [0.2, 0.25) is 0 Å². The van der Waals surface area contributed by atoms with E-state index in [1.165, 1.54) is 0 Å². The SMILES string of the molecule is Cc1cnc2c(c1)nc(C(C)Cl)n2C(C(N)=O)C(C)C. The number of halogens is 1. The van der Waals surface area contributed by atoms with Crippen molar-refractivity contribution in [3.8, 4) is 0 Å². The lowest BCUT2D eigenvalue weighted by molar-refractivity contribution is -0.122. The molecule has 20 heavy (non-hydrogen) atoms. The van der Waals surface area contributed by atoms with Gasteiger partial charge in [-0.25, -0.2) is 9.97 Å². The zero-order valence-corrected chi connectivity index (χ0v) is 12.8. The molecule has 2 heterocycles. The van der Waals surface area contributed by atoms with E-state index < -0.39 is 11.9 Å². The number of carbonyl (C=O) groups excluding carboxylic acids is 1. The highest BCUT2D eigenvalue weighted by atomic mass is 35.5. The molecule has 2 aromatic heterocycles. The Morgan fingerprint density at radius 2 is 2.05 bits per heavy atom. The van der Waals surface area contributed by atoms with Gasteiger partial charge in [0.1, 0.15) is 17.4 Å². The van der Waals surface area contributed by atoms with Crippen molar-refractivity contribution >= 4 is 28.7 Å². The fraction of sp³-hybridized carbons (Fsp3) is 0.500. The molecule has 0 spiro atoms. The molecule has 0 aromatic carbocycles. The van der Waals surface area contributed by atoms with Gasteiger partial charge >= 0.3 is 0 Å². The van der Waals surface area contributed by atoms with Crippen molar-refractivity contribution in [3.05, 3.63) is 23.7 Å². The second-order valence-electron chi connectivity index (χ2n) is 5.40. The number of carbonyl (C=O) groups is 1. The van der Waals surface area contributed by atoms with E-state index in [9.17, 15) is 4.79 Å². The molecule has 0 saturated carbocycles. The van der Waals surface area contributed by atoms with Gasteiger partial charge in [0.05, 0.1) is 5.38 Å². The van der Waals surface area contributed by atoms with Crippen LogP contribution in [0.4, 0.5) is 0 Å². The van der Waals surface area contributed by atoms with Gasteiger partial charge in [-0.15, -0.1) is 11.6 Å². The molecule has 2 unspecified atom stereocenters. The maximum absolute atomic E-state index is 11.8. The minimum absolute atomic E-state index is 0.0298. The summed E-state index contributed by atoms with van der Waals surface area (Å²) in [6.07, 6.45) is 1.75. The predicted octanol–water partition coefficient (Wildman–Crippen LogP) is 2.72. The number of imidazole rings is 1. The highest BCUT2D eigenvalue weighted by Gasteiger charge is 2.28. The lowest BCUT2D eigenvalue weighted by Crippen LogP contribution is -2.31. The van der Waals surface area contributed by atoms with Crippen LogP contribution < -0.4 is 5.73 Å². The first-order valence-corrected chi connectivity index (χ1v) is 7.04. The zero-order chi connectivity index (χ0) is 15.0. The van der Waals surface area contributed by atoms with Crippen LogP contribution in [0.5, 0.6) is 0 Å². The molecular formula is C14H19ClN4O. The summed E-state index contributed by atoms with van der Waals surface area (Å²) in [4.78, 5) is 20.8.